The summed E-state index contributed by atoms with van der Waals surface area (Å²) in [6, 6.07) is 33.2. The Morgan fingerprint density at radius 3 is 2.03 bits per heavy atom. The lowest BCUT2D eigenvalue weighted by molar-refractivity contribution is 0.454. The molecule has 1 aliphatic rings. The van der Waals surface area contributed by atoms with Crippen LogP contribution in [0, 0.1) is 6.92 Å². The molecule has 0 amide bonds. The number of rotatable bonds is 5. The van der Waals surface area contributed by atoms with Crippen LogP contribution in [0.5, 0.6) is 0 Å². The summed E-state index contributed by atoms with van der Waals surface area (Å²) in [6.45, 7) is 2.13. The van der Waals surface area contributed by atoms with E-state index >= 15 is 0 Å². The molecule has 4 aromatic rings. The molecule has 5 rings (SSSR count). The average Bonchev–Trinajstić information content (AvgIpc) is 2.90. The highest BCUT2D eigenvalue weighted by atomic mass is 35.5. The van der Waals surface area contributed by atoms with Gasteiger partial charge in [-0.2, -0.15) is 5.10 Å². The van der Waals surface area contributed by atoms with Crippen LogP contribution in [0.15, 0.2) is 119 Å². The van der Waals surface area contributed by atoms with Crippen LogP contribution < -0.4 is 5.01 Å². The summed E-state index contributed by atoms with van der Waals surface area (Å²) in [6.07, 6.45) is 0. The maximum Gasteiger partial charge on any atom is 0.265 e. The molecule has 0 radical (unpaired) electrons. The molecule has 0 spiro atoms. The molecule has 1 atom stereocenters. The molecule has 0 saturated carbocycles. The van der Waals surface area contributed by atoms with E-state index in [9.17, 15) is 8.42 Å². The van der Waals surface area contributed by atoms with Crippen LogP contribution in [0.3, 0.4) is 0 Å². The van der Waals surface area contributed by atoms with E-state index in [1.807, 2.05) is 109 Å². The van der Waals surface area contributed by atoms with Crippen LogP contribution in [0.1, 0.15) is 22.7 Å². The quantitative estimate of drug-likeness (QED) is 0.324. The van der Waals surface area contributed by atoms with Crippen LogP contribution in [0.2, 0.25) is 5.02 Å². The van der Waals surface area contributed by atoms with Gasteiger partial charge in [-0.05, 0) is 48.9 Å². The molecule has 176 valence electrons. The van der Waals surface area contributed by atoms with Crippen molar-refractivity contribution in [2.45, 2.75) is 17.9 Å². The molecule has 4 aromatic carbocycles. The van der Waals surface area contributed by atoms with Crippen molar-refractivity contribution in [3.8, 4) is 0 Å². The minimum Gasteiger partial charge on any atom is -0.254 e. The summed E-state index contributed by atoms with van der Waals surface area (Å²) < 4.78 is 29.3. The molecular weight excluding hydrogens is 478 g/mol. The Morgan fingerprint density at radius 1 is 0.800 bits per heavy atom. The molecule has 0 aliphatic carbocycles. The van der Waals surface area contributed by atoms with E-state index in [1.165, 1.54) is 4.31 Å². The van der Waals surface area contributed by atoms with E-state index in [1.54, 1.807) is 12.1 Å². The first-order chi connectivity index (χ1) is 16.9. The number of hydrazone groups is 1. The normalized spacial score (nSPS) is 16.2. The van der Waals surface area contributed by atoms with E-state index in [0.29, 0.717) is 16.4 Å². The molecule has 5 nitrogen and oxygen atoms in total. The van der Waals surface area contributed by atoms with Gasteiger partial charge in [-0.1, -0.05) is 90.0 Å². The molecule has 0 fully saturated rings. The first-order valence-electron chi connectivity index (χ1n) is 11.3. The fraction of sp³-hybridized carbons (Fsp3) is 0.107. The van der Waals surface area contributed by atoms with Gasteiger partial charge in [0.25, 0.3) is 10.0 Å². The zero-order valence-corrected chi connectivity index (χ0v) is 20.7. The number of benzene rings is 4. The van der Waals surface area contributed by atoms with Gasteiger partial charge in [0.1, 0.15) is 0 Å². The van der Waals surface area contributed by atoms with E-state index in [2.05, 4.69) is 0 Å². The van der Waals surface area contributed by atoms with Gasteiger partial charge in [0, 0.05) is 10.6 Å². The van der Waals surface area contributed by atoms with Crippen molar-refractivity contribution in [2.24, 2.45) is 5.10 Å². The zero-order chi connectivity index (χ0) is 24.4. The molecule has 35 heavy (non-hydrogen) atoms. The Morgan fingerprint density at radius 2 is 1.40 bits per heavy atom. The van der Waals surface area contributed by atoms with Crippen molar-refractivity contribution in [1.82, 2.24) is 4.31 Å². The second kappa shape index (κ2) is 9.56. The zero-order valence-electron chi connectivity index (χ0n) is 19.1. The summed E-state index contributed by atoms with van der Waals surface area (Å²) in [7, 11) is -3.87. The SMILES string of the molecule is Cc1ccc(S(=O)(=O)N2CC(c3ccccc3)N(c3ccc(Cl)cc3)N=C2c2ccccc2)cc1. The fourth-order valence-corrected chi connectivity index (χ4v) is 5.70. The van der Waals surface area contributed by atoms with Crippen LogP contribution in [0.25, 0.3) is 0 Å². The minimum absolute atomic E-state index is 0.191. The Kier molecular flexibility index (Phi) is 6.32. The van der Waals surface area contributed by atoms with Gasteiger partial charge < -0.3 is 0 Å². The highest BCUT2D eigenvalue weighted by Gasteiger charge is 2.38. The monoisotopic (exact) mass is 501 g/mol. The highest BCUT2D eigenvalue weighted by Crippen LogP contribution is 2.35. The molecule has 1 heterocycles. The maximum atomic E-state index is 14.0. The molecule has 0 aromatic heterocycles. The first-order valence-corrected chi connectivity index (χ1v) is 13.1. The lowest BCUT2D eigenvalue weighted by Crippen LogP contribution is -2.48. The maximum absolute atomic E-state index is 14.0. The van der Waals surface area contributed by atoms with Crippen molar-refractivity contribution in [3.63, 3.8) is 0 Å². The largest absolute Gasteiger partial charge is 0.265 e. The predicted octanol–water partition coefficient (Wildman–Crippen LogP) is 6.26. The average molecular weight is 502 g/mol. The molecule has 7 heteroatoms. The minimum atomic E-state index is -3.87. The predicted molar refractivity (Wildman–Crippen MR) is 141 cm³/mol. The molecule has 1 aliphatic heterocycles. The molecule has 0 saturated heterocycles. The Labute approximate surface area is 211 Å². The molecule has 0 N–H and O–H groups in total. The summed E-state index contributed by atoms with van der Waals surface area (Å²) in [4.78, 5) is 0.235. The van der Waals surface area contributed by atoms with Crippen molar-refractivity contribution in [1.29, 1.82) is 0 Å². The second-order valence-electron chi connectivity index (χ2n) is 8.39. The van der Waals surface area contributed by atoms with E-state index in [4.69, 9.17) is 16.7 Å². The van der Waals surface area contributed by atoms with E-state index < -0.39 is 10.0 Å². The number of anilines is 1. The first kappa shape index (κ1) is 23.1. The van der Waals surface area contributed by atoms with Gasteiger partial charge in [0.2, 0.25) is 0 Å². The number of hydrogen-bond acceptors (Lipinski definition) is 4. The third-order valence-electron chi connectivity index (χ3n) is 5.99. The fourth-order valence-electron chi connectivity index (χ4n) is 4.13. The van der Waals surface area contributed by atoms with Crippen molar-refractivity contribution in [3.05, 3.63) is 131 Å². The van der Waals surface area contributed by atoms with Gasteiger partial charge in [0.15, 0.2) is 5.84 Å². The van der Waals surface area contributed by atoms with Gasteiger partial charge >= 0.3 is 0 Å². The Hall–Kier alpha value is -3.61. The number of sulfonamides is 1. The molecular formula is C28H24ClN3O2S. The van der Waals surface area contributed by atoms with Crippen molar-refractivity contribution < 1.29 is 8.42 Å². The van der Waals surface area contributed by atoms with E-state index in [-0.39, 0.29) is 17.5 Å². The van der Waals surface area contributed by atoms with Crippen molar-refractivity contribution >= 4 is 33.1 Å². The molecule has 0 bridgehead atoms. The summed E-state index contributed by atoms with van der Waals surface area (Å²) in [5, 5.41) is 7.46. The second-order valence-corrected chi connectivity index (χ2v) is 10.7. The van der Waals surface area contributed by atoms with Gasteiger partial charge in [0.05, 0.1) is 23.2 Å². The van der Waals surface area contributed by atoms with Gasteiger partial charge in [-0.3, -0.25) is 5.01 Å². The van der Waals surface area contributed by atoms with Crippen LogP contribution >= 0.6 is 11.6 Å². The third-order valence-corrected chi connectivity index (χ3v) is 8.01. The number of aryl methyl sites for hydroxylation is 1. The topological polar surface area (TPSA) is 53.0 Å². The summed E-state index contributed by atoms with van der Waals surface area (Å²) >= 11 is 6.15. The number of nitrogens with zero attached hydrogens (tertiary/aromatic N) is 3. The lowest BCUT2D eigenvalue weighted by atomic mass is 10.0. The lowest BCUT2D eigenvalue weighted by Gasteiger charge is -2.40. The Balaban J connectivity index is 1.71. The summed E-state index contributed by atoms with van der Waals surface area (Å²) in [5.41, 5.74) is 3.50. The van der Waals surface area contributed by atoms with Crippen LogP contribution in [-0.4, -0.2) is 25.1 Å². The smallest absolute Gasteiger partial charge is 0.254 e. The van der Waals surface area contributed by atoms with E-state index in [0.717, 1.165) is 16.8 Å². The van der Waals surface area contributed by atoms with Crippen LogP contribution in [0.4, 0.5) is 5.69 Å². The standard InChI is InChI=1S/C28H24ClN3O2S/c1-21-12-18-26(19-13-21)35(33,34)31-20-27(22-8-4-2-5-9-22)32(25-16-14-24(29)15-17-25)30-28(31)23-10-6-3-7-11-23/h2-19,27H,20H2,1H3. The Bertz CT molecular complexity index is 1440. The van der Waals surface area contributed by atoms with Crippen LogP contribution in [-0.2, 0) is 10.0 Å². The molecule has 1 unspecified atom stereocenters. The number of halogens is 1. The van der Waals surface area contributed by atoms with Gasteiger partial charge in [-0.15, -0.1) is 0 Å². The highest BCUT2D eigenvalue weighted by molar-refractivity contribution is 7.89. The number of hydrogen-bond donors (Lipinski definition) is 0. The van der Waals surface area contributed by atoms with Gasteiger partial charge in [-0.25, -0.2) is 12.7 Å². The third kappa shape index (κ3) is 4.67. The summed E-state index contributed by atoms with van der Waals surface area (Å²) in [5.74, 6) is 0.369. The number of amidine groups is 1. The van der Waals surface area contributed by atoms with Crippen molar-refractivity contribution in [2.75, 3.05) is 11.6 Å².